The zero-order valence-electron chi connectivity index (χ0n) is 18.5. The van der Waals surface area contributed by atoms with Crippen molar-refractivity contribution in [1.29, 1.82) is 0 Å². The molecule has 1 aliphatic heterocycles. The Labute approximate surface area is 175 Å². The van der Waals surface area contributed by atoms with E-state index in [1.54, 1.807) is 0 Å². The molecule has 0 aromatic heterocycles. The Kier molecular flexibility index (Phi) is 6.99. The molecule has 5 heteroatoms. The van der Waals surface area contributed by atoms with Crippen molar-refractivity contribution < 1.29 is 9.59 Å². The second-order valence-electron chi connectivity index (χ2n) is 10.0. The van der Waals surface area contributed by atoms with Crippen LogP contribution in [0, 0.1) is 18.3 Å². The molecule has 1 aliphatic carbocycles. The van der Waals surface area contributed by atoms with Gasteiger partial charge in [-0.05, 0) is 48.8 Å². The number of rotatable bonds is 5. The fourth-order valence-electron chi connectivity index (χ4n) is 4.71. The number of carbonyl (C=O) groups excluding carboxylic acids is 2. The van der Waals surface area contributed by atoms with Crippen LogP contribution in [0.25, 0.3) is 0 Å². The molecule has 5 nitrogen and oxygen atoms in total. The van der Waals surface area contributed by atoms with E-state index >= 15 is 0 Å². The van der Waals surface area contributed by atoms with Crippen molar-refractivity contribution in [1.82, 2.24) is 9.80 Å². The Morgan fingerprint density at radius 2 is 1.76 bits per heavy atom. The van der Waals surface area contributed by atoms with E-state index in [9.17, 15) is 9.59 Å². The summed E-state index contributed by atoms with van der Waals surface area (Å²) < 4.78 is 0. The second-order valence-corrected chi connectivity index (χ2v) is 10.0. The largest absolute Gasteiger partial charge is 0.340 e. The van der Waals surface area contributed by atoms with Gasteiger partial charge >= 0.3 is 0 Å². The zero-order chi connectivity index (χ0) is 21.0. The highest BCUT2D eigenvalue weighted by molar-refractivity contribution is 5.95. The van der Waals surface area contributed by atoms with E-state index < -0.39 is 0 Å². The quantitative estimate of drug-likeness (QED) is 0.812. The molecule has 1 saturated carbocycles. The van der Waals surface area contributed by atoms with Gasteiger partial charge in [0, 0.05) is 38.3 Å². The minimum Gasteiger partial charge on any atom is -0.340 e. The van der Waals surface area contributed by atoms with Crippen molar-refractivity contribution in [2.45, 2.75) is 65.8 Å². The number of anilines is 1. The molecular formula is C24H37N3O2. The van der Waals surface area contributed by atoms with Crippen LogP contribution in [-0.4, -0.2) is 53.8 Å². The van der Waals surface area contributed by atoms with Crippen molar-refractivity contribution in [2.24, 2.45) is 11.3 Å². The lowest BCUT2D eigenvalue weighted by atomic mass is 9.91. The van der Waals surface area contributed by atoms with Crippen LogP contribution in [-0.2, 0) is 9.59 Å². The van der Waals surface area contributed by atoms with Crippen molar-refractivity contribution in [3.8, 4) is 0 Å². The van der Waals surface area contributed by atoms with E-state index in [4.69, 9.17) is 0 Å². The molecule has 0 radical (unpaired) electrons. The highest BCUT2D eigenvalue weighted by Gasteiger charge is 2.37. The molecule has 3 rings (SSSR count). The fourth-order valence-corrected chi connectivity index (χ4v) is 4.71. The molecule has 1 N–H and O–H groups in total. The van der Waals surface area contributed by atoms with Gasteiger partial charge in [0.2, 0.25) is 11.8 Å². The van der Waals surface area contributed by atoms with Crippen LogP contribution < -0.4 is 5.32 Å². The zero-order valence-corrected chi connectivity index (χ0v) is 18.5. The van der Waals surface area contributed by atoms with Crippen LogP contribution in [0.3, 0.4) is 0 Å². The molecule has 0 spiro atoms. The Morgan fingerprint density at radius 3 is 2.34 bits per heavy atom. The number of nitrogens with zero attached hydrogens (tertiary/aromatic N) is 2. The molecule has 1 saturated heterocycles. The first-order valence-electron chi connectivity index (χ1n) is 11.1. The van der Waals surface area contributed by atoms with Gasteiger partial charge in [-0.25, -0.2) is 0 Å². The number of carbonyl (C=O) groups is 2. The van der Waals surface area contributed by atoms with Crippen LogP contribution in [0.5, 0.6) is 0 Å². The fraction of sp³-hybridized carbons (Fsp3) is 0.667. The topological polar surface area (TPSA) is 52.7 Å². The molecule has 29 heavy (non-hydrogen) atoms. The highest BCUT2D eigenvalue weighted by Crippen LogP contribution is 2.32. The number of aryl methyl sites for hydroxylation is 1. The van der Waals surface area contributed by atoms with Crippen LogP contribution in [0.4, 0.5) is 5.69 Å². The summed E-state index contributed by atoms with van der Waals surface area (Å²) in [6.07, 6.45) is 5.24. The lowest BCUT2D eigenvalue weighted by Crippen LogP contribution is -2.57. The van der Waals surface area contributed by atoms with E-state index in [-0.39, 0.29) is 23.3 Å². The van der Waals surface area contributed by atoms with Gasteiger partial charge in [-0.1, -0.05) is 45.7 Å². The van der Waals surface area contributed by atoms with Crippen LogP contribution in [0.15, 0.2) is 24.3 Å². The summed E-state index contributed by atoms with van der Waals surface area (Å²) in [4.78, 5) is 30.2. The first-order chi connectivity index (χ1) is 13.7. The molecule has 2 amide bonds. The normalized spacial score (nSPS) is 19.9. The molecule has 2 aliphatic rings. The molecule has 2 fully saturated rings. The number of hydrogen-bond donors (Lipinski definition) is 1. The SMILES string of the molecule is Cc1cccc(NC(=O)C(C2CCCC2)N2CCN(C(=O)CC(C)(C)C)CC2)c1. The van der Waals surface area contributed by atoms with E-state index in [0.29, 0.717) is 12.3 Å². The molecule has 1 unspecified atom stereocenters. The summed E-state index contributed by atoms with van der Waals surface area (Å²) in [5.74, 6) is 0.757. The molecule has 1 atom stereocenters. The monoisotopic (exact) mass is 399 g/mol. The standard InChI is InChI=1S/C24H37N3O2/c1-18-8-7-11-20(16-18)25-23(29)22(19-9-5-6-10-19)27-14-12-26(13-15-27)21(28)17-24(2,3)4/h7-8,11,16,19,22H,5-6,9-10,12-15,17H2,1-4H3,(H,25,29). The Balaban J connectivity index is 1.65. The Bertz CT molecular complexity index is 711. The summed E-state index contributed by atoms with van der Waals surface area (Å²) in [7, 11) is 0. The summed E-state index contributed by atoms with van der Waals surface area (Å²) in [5, 5.41) is 3.16. The Hall–Kier alpha value is -1.88. The van der Waals surface area contributed by atoms with Gasteiger partial charge in [0.25, 0.3) is 0 Å². The van der Waals surface area contributed by atoms with Crippen LogP contribution >= 0.6 is 0 Å². The van der Waals surface area contributed by atoms with Crippen molar-refractivity contribution >= 4 is 17.5 Å². The smallest absolute Gasteiger partial charge is 0.242 e. The van der Waals surface area contributed by atoms with E-state index in [0.717, 1.165) is 50.3 Å². The third kappa shape index (κ3) is 6.05. The van der Waals surface area contributed by atoms with E-state index in [1.807, 2.05) is 36.1 Å². The summed E-state index contributed by atoms with van der Waals surface area (Å²) in [6.45, 7) is 11.3. The molecular weight excluding hydrogens is 362 g/mol. The maximum Gasteiger partial charge on any atom is 0.242 e. The van der Waals surface area contributed by atoms with Gasteiger partial charge in [-0.3, -0.25) is 14.5 Å². The van der Waals surface area contributed by atoms with Crippen molar-refractivity contribution in [2.75, 3.05) is 31.5 Å². The van der Waals surface area contributed by atoms with Gasteiger partial charge in [0.1, 0.15) is 0 Å². The van der Waals surface area contributed by atoms with Crippen LogP contribution in [0.1, 0.15) is 58.4 Å². The van der Waals surface area contributed by atoms with E-state index in [1.165, 1.54) is 12.8 Å². The van der Waals surface area contributed by atoms with Gasteiger partial charge in [0.15, 0.2) is 0 Å². The summed E-state index contributed by atoms with van der Waals surface area (Å²) in [5.41, 5.74) is 2.03. The van der Waals surface area contributed by atoms with Gasteiger partial charge in [-0.2, -0.15) is 0 Å². The molecule has 0 bridgehead atoms. The maximum absolute atomic E-state index is 13.3. The van der Waals surface area contributed by atoms with Crippen molar-refractivity contribution in [3.05, 3.63) is 29.8 Å². The highest BCUT2D eigenvalue weighted by atomic mass is 16.2. The van der Waals surface area contributed by atoms with Gasteiger partial charge < -0.3 is 10.2 Å². The second kappa shape index (κ2) is 9.29. The summed E-state index contributed by atoms with van der Waals surface area (Å²) in [6, 6.07) is 7.90. The molecule has 1 aromatic rings. The Morgan fingerprint density at radius 1 is 1.10 bits per heavy atom. The number of amides is 2. The molecule has 1 heterocycles. The first-order valence-corrected chi connectivity index (χ1v) is 11.1. The number of hydrogen-bond acceptors (Lipinski definition) is 3. The predicted molar refractivity (Wildman–Crippen MR) is 118 cm³/mol. The first kappa shape index (κ1) is 21.8. The maximum atomic E-state index is 13.3. The number of nitrogens with one attached hydrogen (secondary N) is 1. The minimum atomic E-state index is -0.0992. The lowest BCUT2D eigenvalue weighted by Gasteiger charge is -2.41. The average molecular weight is 400 g/mol. The number of benzene rings is 1. The predicted octanol–water partition coefficient (Wildman–Crippen LogP) is 4.07. The van der Waals surface area contributed by atoms with Gasteiger partial charge in [0.05, 0.1) is 6.04 Å². The molecule has 1 aromatic carbocycles. The molecule has 160 valence electrons. The summed E-state index contributed by atoms with van der Waals surface area (Å²) >= 11 is 0. The third-order valence-electron chi connectivity index (χ3n) is 6.14. The van der Waals surface area contributed by atoms with Crippen LogP contribution in [0.2, 0.25) is 0 Å². The minimum absolute atomic E-state index is 0.00823. The van der Waals surface area contributed by atoms with Gasteiger partial charge in [-0.15, -0.1) is 0 Å². The van der Waals surface area contributed by atoms with Crippen molar-refractivity contribution in [3.63, 3.8) is 0 Å². The third-order valence-corrected chi connectivity index (χ3v) is 6.14. The number of piperazine rings is 1. The lowest BCUT2D eigenvalue weighted by molar-refractivity contribution is -0.136. The van der Waals surface area contributed by atoms with E-state index in [2.05, 4.69) is 31.0 Å². The average Bonchev–Trinajstić information content (AvgIpc) is 3.15.